The van der Waals surface area contributed by atoms with Gasteiger partial charge in [-0.05, 0) is 18.8 Å². The third kappa shape index (κ3) is 2.17. The van der Waals surface area contributed by atoms with Gasteiger partial charge in [0.25, 0.3) is 0 Å². The van der Waals surface area contributed by atoms with Gasteiger partial charge in [-0.15, -0.1) is 0 Å². The molecule has 0 radical (unpaired) electrons. The number of nitrogens with one attached hydrogen (secondary N) is 3. The lowest BCUT2D eigenvalue weighted by atomic mass is 9.80. The SMILES string of the molecule is NC1NCNC2=C1NCN2C1CC(COPO)C1. The molecule has 6 N–H and O–H groups in total. The fourth-order valence-corrected chi connectivity index (χ4v) is 3.16. The Labute approximate surface area is 108 Å². The highest BCUT2D eigenvalue weighted by molar-refractivity contribution is 7.24. The molecule has 1 fully saturated rings. The van der Waals surface area contributed by atoms with Crippen LogP contribution in [-0.4, -0.2) is 41.9 Å². The standard InChI is InChI=1S/C10H20N5O2P/c11-9-8-10(13-4-12-9)15(5-14-8)7-1-6(2-7)3-17-18-16/h6-7,9,12-14,16,18H,1-5,11H2. The van der Waals surface area contributed by atoms with E-state index >= 15 is 0 Å². The quantitative estimate of drug-likeness (QED) is 0.409. The lowest BCUT2D eigenvalue weighted by molar-refractivity contribution is 0.0743. The van der Waals surface area contributed by atoms with Crippen LogP contribution in [0.15, 0.2) is 11.5 Å². The monoisotopic (exact) mass is 273 g/mol. The average molecular weight is 273 g/mol. The second-order valence-electron chi connectivity index (χ2n) is 5.00. The van der Waals surface area contributed by atoms with Gasteiger partial charge < -0.3 is 30.7 Å². The fourth-order valence-electron chi connectivity index (χ4n) is 2.85. The van der Waals surface area contributed by atoms with Gasteiger partial charge in [0.1, 0.15) is 12.0 Å². The molecule has 3 aliphatic rings. The summed E-state index contributed by atoms with van der Waals surface area (Å²) < 4.78 is 5.06. The van der Waals surface area contributed by atoms with Crippen LogP contribution >= 0.6 is 9.03 Å². The Morgan fingerprint density at radius 1 is 1.44 bits per heavy atom. The first-order valence-corrected chi connectivity index (χ1v) is 7.13. The lowest BCUT2D eigenvalue weighted by Gasteiger charge is -2.43. The van der Waals surface area contributed by atoms with E-state index in [-0.39, 0.29) is 15.2 Å². The van der Waals surface area contributed by atoms with Crippen molar-refractivity contribution in [2.75, 3.05) is 19.9 Å². The Bertz CT molecular complexity index is 347. The summed E-state index contributed by atoms with van der Waals surface area (Å²) in [4.78, 5) is 11.0. The summed E-state index contributed by atoms with van der Waals surface area (Å²) in [6.45, 7) is 2.21. The van der Waals surface area contributed by atoms with E-state index < -0.39 is 0 Å². The number of rotatable bonds is 4. The molecule has 3 rings (SSSR count). The molecule has 8 heteroatoms. The Kier molecular flexibility index (Phi) is 3.59. The van der Waals surface area contributed by atoms with Gasteiger partial charge in [-0.1, -0.05) is 0 Å². The molecule has 18 heavy (non-hydrogen) atoms. The normalized spacial score (nSPS) is 35.4. The van der Waals surface area contributed by atoms with Gasteiger partial charge in [-0.3, -0.25) is 5.32 Å². The summed E-state index contributed by atoms with van der Waals surface area (Å²) in [6, 6.07) is 0.554. The first-order valence-electron chi connectivity index (χ1n) is 6.28. The molecule has 2 aliphatic heterocycles. The molecule has 2 atom stereocenters. The van der Waals surface area contributed by atoms with Crippen LogP contribution in [0.1, 0.15) is 12.8 Å². The highest BCUT2D eigenvalue weighted by Crippen LogP contribution is 2.36. The number of nitrogens with two attached hydrogens (primary N) is 1. The molecular weight excluding hydrogens is 253 g/mol. The van der Waals surface area contributed by atoms with Crippen molar-refractivity contribution in [3.8, 4) is 0 Å². The van der Waals surface area contributed by atoms with Crippen LogP contribution in [0, 0.1) is 5.92 Å². The van der Waals surface area contributed by atoms with E-state index in [9.17, 15) is 0 Å². The van der Waals surface area contributed by atoms with E-state index in [1.165, 1.54) is 0 Å². The van der Waals surface area contributed by atoms with Gasteiger partial charge in [0.2, 0.25) is 0 Å². The number of nitrogens with zero attached hydrogens (tertiary/aromatic N) is 1. The number of hydrogen-bond donors (Lipinski definition) is 5. The van der Waals surface area contributed by atoms with E-state index in [0.29, 0.717) is 25.2 Å². The van der Waals surface area contributed by atoms with Gasteiger partial charge >= 0.3 is 0 Å². The minimum atomic E-state index is -0.389. The molecule has 0 amide bonds. The van der Waals surface area contributed by atoms with Crippen LogP contribution in [0.3, 0.4) is 0 Å². The highest BCUT2D eigenvalue weighted by Gasteiger charge is 2.39. The summed E-state index contributed by atoms with van der Waals surface area (Å²) in [7, 11) is -0.389. The molecule has 0 saturated heterocycles. The van der Waals surface area contributed by atoms with E-state index in [2.05, 4.69) is 20.9 Å². The van der Waals surface area contributed by atoms with Crippen LogP contribution in [0.2, 0.25) is 0 Å². The second-order valence-corrected chi connectivity index (χ2v) is 5.47. The third-order valence-corrected chi connectivity index (χ3v) is 4.20. The second kappa shape index (κ2) is 5.19. The van der Waals surface area contributed by atoms with Crippen LogP contribution in [-0.2, 0) is 4.52 Å². The van der Waals surface area contributed by atoms with Crippen LogP contribution < -0.4 is 21.7 Å². The van der Waals surface area contributed by atoms with Gasteiger partial charge in [-0.25, -0.2) is 0 Å². The van der Waals surface area contributed by atoms with E-state index in [1.807, 2.05) is 0 Å². The van der Waals surface area contributed by atoms with Crippen molar-refractivity contribution < 1.29 is 9.42 Å². The maximum atomic E-state index is 8.64. The van der Waals surface area contributed by atoms with Crippen molar-refractivity contribution >= 4 is 9.03 Å². The van der Waals surface area contributed by atoms with Gasteiger partial charge in [0.15, 0.2) is 9.03 Å². The first-order chi connectivity index (χ1) is 8.79. The lowest BCUT2D eigenvalue weighted by Crippen LogP contribution is -2.53. The van der Waals surface area contributed by atoms with Crippen molar-refractivity contribution in [1.82, 2.24) is 20.9 Å². The Hall–Kier alpha value is -0.590. The van der Waals surface area contributed by atoms with E-state index in [4.69, 9.17) is 15.2 Å². The maximum Gasteiger partial charge on any atom is 0.152 e. The van der Waals surface area contributed by atoms with Gasteiger partial charge in [0.05, 0.1) is 25.6 Å². The summed E-state index contributed by atoms with van der Waals surface area (Å²) in [6.07, 6.45) is 2.14. The van der Waals surface area contributed by atoms with Crippen molar-refractivity contribution in [3.63, 3.8) is 0 Å². The predicted octanol–water partition coefficient (Wildman–Crippen LogP) is -1.25. The molecule has 0 aromatic rings. The minimum absolute atomic E-state index is 0.0963. The Balaban J connectivity index is 1.56. The van der Waals surface area contributed by atoms with Gasteiger partial charge in [0, 0.05) is 6.04 Å². The molecule has 7 nitrogen and oxygen atoms in total. The molecule has 0 bridgehead atoms. The predicted molar refractivity (Wildman–Crippen MR) is 69.0 cm³/mol. The van der Waals surface area contributed by atoms with Crippen LogP contribution in [0.4, 0.5) is 0 Å². The zero-order valence-corrected chi connectivity index (χ0v) is 11.1. The highest BCUT2D eigenvalue weighted by atomic mass is 31.1. The van der Waals surface area contributed by atoms with Crippen molar-refractivity contribution in [3.05, 3.63) is 11.5 Å². The zero-order valence-electron chi connectivity index (χ0n) is 10.1. The summed E-state index contributed by atoms with van der Waals surface area (Å²) in [5, 5.41) is 9.86. The molecule has 0 aromatic heterocycles. The average Bonchev–Trinajstić information content (AvgIpc) is 2.73. The third-order valence-electron chi connectivity index (χ3n) is 3.91. The van der Waals surface area contributed by atoms with Crippen LogP contribution in [0.25, 0.3) is 0 Å². The smallest absolute Gasteiger partial charge is 0.152 e. The molecule has 102 valence electrons. The molecule has 1 aliphatic carbocycles. The minimum Gasteiger partial charge on any atom is -0.366 e. The molecule has 1 saturated carbocycles. The van der Waals surface area contributed by atoms with Crippen molar-refractivity contribution in [1.29, 1.82) is 0 Å². The molecular formula is C10H20N5O2P. The van der Waals surface area contributed by atoms with Gasteiger partial charge in [-0.2, -0.15) is 0 Å². The van der Waals surface area contributed by atoms with Crippen LogP contribution in [0.5, 0.6) is 0 Å². The fraction of sp³-hybridized carbons (Fsp3) is 0.800. The molecule has 0 spiro atoms. The van der Waals surface area contributed by atoms with Crippen molar-refractivity contribution in [2.45, 2.75) is 25.0 Å². The Morgan fingerprint density at radius 2 is 2.28 bits per heavy atom. The zero-order chi connectivity index (χ0) is 12.5. The summed E-state index contributed by atoms with van der Waals surface area (Å²) >= 11 is 0. The number of hydrogen-bond acceptors (Lipinski definition) is 7. The Morgan fingerprint density at radius 3 is 3.06 bits per heavy atom. The maximum absolute atomic E-state index is 8.64. The molecule has 2 unspecified atom stereocenters. The van der Waals surface area contributed by atoms with E-state index in [0.717, 1.165) is 31.0 Å². The largest absolute Gasteiger partial charge is 0.366 e. The van der Waals surface area contributed by atoms with E-state index in [1.54, 1.807) is 0 Å². The molecule has 0 aromatic carbocycles. The first kappa shape index (κ1) is 12.4. The topological polar surface area (TPSA) is 94.8 Å². The van der Waals surface area contributed by atoms with Crippen molar-refractivity contribution in [2.24, 2.45) is 11.7 Å². The molecule has 2 heterocycles. The summed E-state index contributed by atoms with van der Waals surface area (Å²) in [5.74, 6) is 1.73. The summed E-state index contributed by atoms with van der Waals surface area (Å²) in [5.41, 5.74) is 7.06.